The Hall–Kier alpha value is -2.31. The van der Waals surface area contributed by atoms with Crippen molar-refractivity contribution in [3.63, 3.8) is 0 Å². The number of benzene rings is 1. The zero-order valence-electron chi connectivity index (χ0n) is 12.0. The second-order valence-electron chi connectivity index (χ2n) is 4.76. The Bertz CT molecular complexity index is 626. The van der Waals surface area contributed by atoms with Crippen LogP contribution in [0.25, 0.3) is 0 Å². The van der Waals surface area contributed by atoms with Crippen LogP contribution in [0.4, 0.5) is 0 Å². The number of carbonyl (C=O) groups excluding carboxylic acids is 2. The molecule has 0 aliphatic rings. The zero-order valence-corrected chi connectivity index (χ0v) is 12.8. The fourth-order valence-electron chi connectivity index (χ4n) is 1.83. The lowest BCUT2D eigenvalue weighted by Crippen LogP contribution is -2.87. The van der Waals surface area contributed by atoms with Crippen LogP contribution in [0.2, 0.25) is 5.02 Å². The van der Waals surface area contributed by atoms with Crippen molar-refractivity contribution >= 4 is 23.4 Å². The molecule has 1 atom stereocenters. The summed E-state index contributed by atoms with van der Waals surface area (Å²) in [7, 11) is 0. The fraction of sp³-hybridized carbons (Fsp3) is 0.200. The Morgan fingerprint density at radius 1 is 1.23 bits per heavy atom. The van der Waals surface area contributed by atoms with Crippen LogP contribution in [0.1, 0.15) is 29.1 Å². The summed E-state index contributed by atoms with van der Waals surface area (Å²) in [6.45, 7) is 2.17. The lowest BCUT2D eigenvalue weighted by molar-refractivity contribution is -0.682. The minimum Gasteiger partial charge on any atom is -0.459 e. The van der Waals surface area contributed by atoms with Crippen LogP contribution in [-0.2, 0) is 4.79 Å². The van der Waals surface area contributed by atoms with Crippen molar-refractivity contribution in [1.82, 2.24) is 10.9 Å². The van der Waals surface area contributed by atoms with Gasteiger partial charge in [-0.1, -0.05) is 23.7 Å². The number of rotatable bonds is 5. The van der Waals surface area contributed by atoms with E-state index in [9.17, 15) is 9.59 Å². The summed E-state index contributed by atoms with van der Waals surface area (Å²) in [6.07, 6.45) is 1.39. The van der Waals surface area contributed by atoms with Crippen LogP contribution >= 0.6 is 11.6 Å². The Balaban J connectivity index is 1.73. The molecule has 7 heteroatoms. The third-order valence-corrected chi connectivity index (χ3v) is 3.36. The maximum Gasteiger partial charge on any atom is 0.305 e. The number of hydrazine groups is 1. The second kappa shape index (κ2) is 7.63. The Morgan fingerprint density at radius 3 is 2.59 bits per heavy atom. The highest BCUT2D eigenvalue weighted by molar-refractivity contribution is 6.30. The summed E-state index contributed by atoms with van der Waals surface area (Å²) in [5.41, 5.74) is 5.69. The number of carbonyl (C=O) groups is 2. The number of halogens is 1. The van der Waals surface area contributed by atoms with Gasteiger partial charge in [0.15, 0.2) is 12.3 Å². The van der Waals surface area contributed by atoms with Crippen molar-refractivity contribution in [2.24, 2.45) is 0 Å². The fourth-order valence-corrected chi connectivity index (χ4v) is 1.96. The molecule has 0 aliphatic heterocycles. The molecule has 0 aliphatic carbocycles. The topological polar surface area (TPSA) is 88.0 Å². The standard InChI is InChI=1S/C15H16ClN3O3/c1-10(11-4-6-12(16)7-5-11)17-9-14(20)18-19-15(21)13-3-2-8-22-13/h2-8,10,17H,9H2,1H3,(H,18,20)(H,19,21)/p+1/t10-/m0/s1. The smallest absolute Gasteiger partial charge is 0.305 e. The summed E-state index contributed by atoms with van der Waals surface area (Å²) in [5.74, 6) is -0.663. The van der Waals surface area contributed by atoms with Gasteiger partial charge in [0.1, 0.15) is 6.04 Å². The molecule has 0 unspecified atom stereocenters. The number of amides is 2. The Morgan fingerprint density at radius 2 is 1.95 bits per heavy atom. The molecule has 1 heterocycles. The molecule has 1 aromatic carbocycles. The van der Waals surface area contributed by atoms with E-state index in [-0.39, 0.29) is 24.3 Å². The molecule has 2 rings (SSSR count). The van der Waals surface area contributed by atoms with E-state index >= 15 is 0 Å². The first-order chi connectivity index (χ1) is 10.6. The molecule has 4 N–H and O–H groups in total. The second-order valence-corrected chi connectivity index (χ2v) is 5.20. The summed E-state index contributed by atoms with van der Waals surface area (Å²) >= 11 is 5.83. The SMILES string of the molecule is C[C@H]([NH2+]CC(=O)NNC(=O)c1ccco1)c1ccc(Cl)cc1. The average Bonchev–Trinajstić information content (AvgIpc) is 3.05. The van der Waals surface area contributed by atoms with Gasteiger partial charge in [-0.25, -0.2) is 0 Å². The van der Waals surface area contributed by atoms with Crippen molar-refractivity contribution in [1.29, 1.82) is 0 Å². The molecule has 0 saturated carbocycles. The highest BCUT2D eigenvalue weighted by Gasteiger charge is 2.13. The minimum atomic E-state index is -0.496. The van der Waals surface area contributed by atoms with Gasteiger partial charge in [-0.2, -0.15) is 0 Å². The first kappa shape index (κ1) is 16.1. The average molecular weight is 323 g/mol. The first-order valence-corrected chi connectivity index (χ1v) is 7.15. The summed E-state index contributed by atoms with van der Waals surface area (Å²) in [5, 5.41) is 2.53. The van der Waals surface area contributed by atoms with E-state index in [4.69, 9.17) is 16.0 Å². The van der Waals surface area contributed by atoms with Crippen molar-refractivity contribution in [3.05, 3.63) is 59.0 Å². The lowest BCUT2D eigenvalue weighted by Gasteiger charge is -2.11. The normalized spacial score (nSPS) is 11.7. The van der Waals surface area contributed by atoms with Crippen LogP contribution < -0.4 is 16.2 Å². The largest absolute Gasteiger partial charge is 0.459 e. The van der Waals surface area contributed by atoms with Crippen LogP contribution in [-0.4, -0.2) is 18.4 Å². The predicted octanol–water partition coefficient (Wildman–Crippen LogP) is 1.02. The van der Waals surface area contributed by atoms with E-state index in [0.29, 0.717) is 5.02 Å². The van der Waals surface area contributed by atoms with Gasteiger partial charge in [-0.3, -0.25) is 20.4 Å². The first-order valence-electron chi connectivity index (χ1n) is 6.77. The number of furan rings is 1. The van der Waals surface area contributed by atoms with Crippen molar-refractivity contribution < 1.29 is 19.3 Å². The van der Waals surface area contributed by atoms with Crippen LogP contribution in [0.5, 0.6) is 0 Å². The molecule has 0 saturated heterocycles. The van der Waals surface area contributed by atoms with E-state index < -0.39 is 5.91 Å². The van der Waals surface area contributed by atoms with E-state index in [2.05, 4.69) is 10.9 Å². The van der Waals surface area contributed by atoms with Crippen molar-refractivity contribution in [2.45, 2.75) is 13.0 Å². The van der Waals surface area contributed by atoms with Gasteiger partial charge in [0.05, 0.1) is 6.26 Å². The van der Waals surface area contributed by atoms with Crippen LogP contribution in [0, 0.1) is 0 Å². The molecule has 0 bridgehead atoms. The van der Waals surface area contributed by atoms with Gasteiger partial charge in [0.2, 0.25) is 0 Å². The molecule has 6 nitrogen and oxygen atoms in total. The summed E-state index contributed by atoms with van der Waals surface area (Å²) in [6, 6.07) is 10.7. The lowest BCUT2D eigenvalue weighted by atomic mass is 10.1. The van der Waals surface area contributed by atoms with Gasteiger partial charge in [-0.15, -0.1) is 0 Å². The molecule has 2 amide bonds. The monoisotopic (exact) mass is 322 g/mol. The van der Waals surface area contributed by atoms with E-state index in [0.717, 1.165) is 5.56 Å². The Kier molecular flexibility index (Phi) is 5.57. The quantitative estimate of drug-likeness (QED) is 0.718. The van der Waals surface area contributed by atoms with Gasteiger partial charge in [-0.05, 0) is 31.2 Å². The number of hydrogen-bond donors (Lipinski definition) is 3. The Labute approximate surface area is 132 Å². The van der Waals surface area contributed by atoms with E-state index in [1.807, 2.05) is 36.5 Å². The van der Waals surface area contributed by atoms with Crippen LogP contribution in [0.3, 0.4) is 0 Å². The van der Waals surface area contributed by atoms with E-state index in [1.165, 1.54) is 12.3 Å². The molecule has 22 heavy (non-hydrogen) atoms. The molecule has 116 valence electrons. The summed E-state index contributed by atoms with van der Waals surface area (Å²) in [4.78, 5) is 23.3. The van der Waals surface area contributed by atoms with Crippen molar-refractivity contribution in [3.8, 4) is 0 Å². The zero-order chi connectivity index (χ0) is 15.9. The molecular weight excluding hydrogens is 306 g/mol. The number of nitrogens with two attached hydrogens (primary N) is 1. The molecule has 0 fully saturated rings. The maximum atomic E-state index is 11.7. The molecule has 0 spiro atoms. The molecular formula is C15H17ClN3O3+. The number of quaternary nitrogens is 1. The van der Waals surface area contributed by atoms with Gasteiger partial charge in [0, 0.05) is 10.6 Å². The van der Waals surface area contributed by atoms with Crippen molar-refractivity contribution in [2.75, 3.05) is 6.54 Å². The van der Waals surface area contributed by atoms with Gasteiger partial charge < -0.3 is 9.73 Å². The minimum absolute atomic E-state index is 0.101. The molecule has 1 aromatic heterocycles. The summed E-state index contributed by atoms with van der Waals surface area (Å²) < 4.78 is 4.91. The molecule has 0 radical (unpaired) electrons. The predicted molar refractivity (Wildman–Crippen MR) is 81.0 cm³/mol. The highest BCUT2D eigenvalue weighted by Crippen LogP contribution is 2.13. The van der Waals surface area contributed by atoms with E-state index in [1.54, 1.807) is 6.07 Å². The molecule has 2 aromatic rings. The maximum absolute atomic E-state index is 11.7. The number of hydrogen-bond acceptors (Lipinski definition) is 3. The van der Waals surface area contributed by atoms with Crippen LogP contribution in [0.15, 0.2) is 47.1 Å². The number of nitrogens with one attached hydrogen (secondary N) is 2. The third kappa shape index (κ3) is 4.61. The third-order valence-electron chi connectivity index (χ3n) is 3.11. The van der Waals surface area contributed by atoms with Gasteiger partial charge >= 0.3 is 5.91 Å². The highest BCUT2D eigenvalue weighted by atomic mass is 35.5. The van der Waals surface area contributed by atoms with Gasteiger partial charge in [0.25, 0.3) is 5.91 Å².